The van der Waals surface area contributed by atoms with Crippen LogP contribution in [0.2, 0.25) is 0 Å². The number of hydrogen-bond donors (Lipinski definition) is 0. The van der Waals surface area contributed by atoms with Gasteiger partial charge in [0.25, 0.3) is 0 Å². The van der Waals surface area contributed by atoms with Crippen molar-refractivity contribution in [2.75, 3.05) is 0 Å². The van der Waals surface area contributed by atoms with Crippen molar-refractivity contribution in [1.82, 2.24) is 0 Å². The summed E-state index contributed by atoms with van der Waals surface area (Å²) in [5.74, 6) is -5.87. The maximum atomic E-state index is 13.0. The van der Waals surface area contributed by atoms with Gasteiger partial charge in [-0.25, -0.2) is 4.39 Å². The monoisotopic (exact) mass is 322 g/mol. The van der Waals surface area contributed by atoms with E-state index in [1.54, 1.807) is 0 Å². The maximum absolute atomic E-state index is 13.0. The number of halogens is 4. The number of hydrogen-bond acceptors (Lipinski definition) is 2. The summed E-state index contributed by atoms with van der Waals surface area (Å²) in [6.45, 7) is 0.776. The summed E-state index contributed by atoms with van der Waals surface area (Å²) in [5, 5.41) is 0. The molecule has 0 spiro atoms. The van der Waals surface area contributed by atoms with Crippen molar-refractivity contribution in [3.8, 4) is 0 Å². The molecule has 2 nitrogen and oxygen atoms in total. The highest BCUT2D eigenvalue weighted by Gasteiger charge is 2.35. The molecule has 0 aliphatic carbocycles. The first-order valence-corrected chi connectivity index (χ1v) is 5.90. The molecule has 1 aromatic carbocycles. The van der Waals surface area contributed by atoms with Crippen LogP contribution in [0.5, 0.6) is 0 Å². The Kier molecular flexibility index (Phi) is 4.67. The van der Waals surface area contributed by atoms with E-state index in [9.17, 15) is 22.8 Å². The third-order valence-electron chi connectivity index (χ3n) is 2.41. The van der Waals surface area contributed by atoms with Crippen molar-refractivity contribution in [2.45, 2.75) is 25.7 Å². The lowest BCUT2D eigenvalue weighted by atomic mass is 10.0. The molecule has 1 rings (SSSR count). The second-order valence-corrected chi connectivity index (χ2v) is 4.66. The molecule has 98 valence electrons. The van der Waals surface area contributed by atoms with Crippen LogP contribution in [0.1, 0.15) is 30.1 Å². The predicted molar refractivity (Wildman–Crippen MR) is 63.3 cm³/mol. The van der Waals surface area contributed by atoms with Gasteiger partial charge in [-0.15, -0.1) is 0 Å². The molecule has 0 atom stereocenters. The fraction of sp³-hybridized carbons (Fsp3) is 0.333. The van der Waals surface area contributed by atoms with Crippen LogP contribution in [-0.2, 0) is 4.79 Å². The maximum Gasteiger partial charge on any atom is 0.305 e. The Morgan fingerprint density at radius 2 is 1.94 bits per heavy atom. The van der Waals surface area contributed by atoms with Crippen molar-refractivity contribution in [1.29, 1.82) is 0 Å². The summed E-state index contributed by atoms with van der Waals surface area (Å²) in [7, 11) is 0. The highest BCUT2D eigenvalue weighted by Crippen LogP contribution is 2.25. The number of benzene rings is 1. The van der Waals surface area contributed by atoms with E-state index >= 15 is 0 Å². The summed E-state index contributed by atoms with van der Waals surface area (Å²) < 4.78 is 39.0. The van der Waals surface area contributed by atoms with Gasteiger partial charge in [-0.05, 0) is 34.1 Å². The van der Waals surface area contributed by atoms with Crippen LogP contribution in [0.4, 0.5) is 13.2 Å². The molecule has 0 aromatic heterocycles. The Hall–Kier alpha value is -1.17. The molecule has 0 N–H and O–H groups in total. The second-order valence-electron chi connectivity index (χ2n) is 3.81. The molecule has 1 aromatic rings. The molecule has 0 saturated heterocycles. The first kappa shape index (κ1) is 14.9. The number of alkyl halides is 2. The average Bonchev–Trinajstić information content (AvgIpc) is 2.25. The zero-order valence-corrected chi connectivity index (χ0v) is 11.1. The molecule has 0 heterocycles. The lowest BCUT2D eigenvalue weighted by Gasteiger charge is -2.12. The van der Waals surface area contributed by atoms with Gasteiger partial charge >= 0.3 is 5.92 Å². The topological polar surface area (TPSA) is 34.1 Å². The Bertz CT molecular complexity index is 486. The quantitative estimate of drug-likeness (QED) is 0.773. The molecule has 0 aliphatic heterocycles. The molecule has 18 heavy (non-hydrogen) atoms. The molecule has 0 fully saturated rings. The number of carbonyl (C=O) groups excluding carboxylic acids is 2. The van der Waals surface area contributed by atoms with Crippen LogP contribution in [0, 0.1) is 5.82 Å². The number of ketones is 2. The third kappa shape index (κ3) is 3.66. The molecule has 0 unspecified atom stereocenters. The van der Waals surface area contributed by atoms with Crippen molar-refractivity contribution in [3.63, 3.8) is 0 Å². The SMILES string of the molecule is CC(=O)C(F)(F)CCC(=O)c1ccc(F)cc1Br. The van der Waals surface area contributed by atoms with Crippen molar-refractivity contribution >= 4 is 27.5 Å². The van der Waals surface area contributed by atoms with E-state index in [1.807, 2.05) is 0 Å². The first-order chi connectivity index (χ1) is 8.24. The van der Waals surface area contributed by atoms with E-state index in [4.69, 9.17) is 0 Å². The average molecular weight is 323 g/mol. The number of Topliss-reactive ketones (excluding diaryl/α,β-unsaturated/α-hetero) is 2. The van der Waals surface area contributed by atoms with Crippen LogP contribution in [-0.4, -0.2) is 17.5 Å². The third-order valence-corrected chi connectivity index (χ3v) is 3.07. The Balaban J connectivity index is 2.75. The Morgan fingerprint density at radius 3 is 2.44 bits per heavy atom. The summed E-state index contributed by atoms with van der Waals surface area (Å²) in [6.07, 6.45) is -1.32. The minimum atomic E-state index is -3.50. The summed E-state index contributed by atoms with van der Waals surface area (Å²) >= 11 is 2.98. The lowest BCUT2D eigenvalue weighted by Crippen LogP contribution is -2.26. The highest BCUT2D eigenvalue weighted by molar-refractivity contribution is 9.10. The van der Waals surface area contributed by atoms with Gasteiger partial charge < -0.3 is 0 Å². The van der Waals surface area contributed by atoms with Gasteiger partial charge in [-0.1, -0.05) is 0 Å². The lowest BCUT2D eigenvalue weighted by molar-refractivity contribution is -0.141. The van der Waals surface area contributed by atoms with Gasteiger partial charge in [-0.3, -0.25) is 9.59 Å². The largest absolute Gasteiger partial charge is 0.305 e. The van der Waals surface area contributed by atoms with Crippen molar-refractivity contribution < 1.29 is 22.8 Å². The van der Waals surface area contributed by atoms with Crippen LogP contribution >= 0.6 is 15.9 Å². The number of carbonyl (C=O) groups is 2. The predicted octanol–water partition coefficient (Wildman–Crippen LogP) is 3.78. The van der Waals surface area contributed by atoms with Crippen LogP contribution in [0.15, 0.2) is 22.7 Å². The minimum absolute atomic E-state index is 0.121. The first-order valence-electron chi connectivity index (χ1n) is 5.11. The van der Waals surface area contributed by atoms with Crippen LogP contribution < -0.4 is 0 Å². The van der Waals surface area contributed by atoms with Crippen LogP contribution in [0.25, 0.3) is 0 Å². The molecule has 6 heteroatoms. The van der Waals surface area contributed by atoms with Gasteiger partial charge in [0, 0.05) is 29.8 Å². The van der Waals surface area contributed by atoms with Crippen LogP contribution in [0.3, 0.4) is 0 Å². The van der Waals surface area contributed by atoms with E-state index in [1.165, 1.54) is 6.07 Å². The van der Waals surface area contributed by atoms with E-state index in [2.05, 4.69) is 15.9 Å². The molecule has 0 aliphatic rings. The fourth-order valence-corrected chi connectivity index (χ4v) is 1.87. The van der Waals surface area contributed by atoms with Gasteiger partial charge in [0.05, 0.1) is 0 Å². The summed E-state index contributed by atoms with van der Waals surface area (Å²) in [4.78, 5) is 22.3. The van der Waals surface area contributed by atoms with Crippen molar-refractivity contribution in [2.24, 2.45) is 0 Å². The van der Waals surface area contributed by atoms with Gasteiger partial charge in [-0.2, -0.15) is 8.78 Å². The molecule has 0 bridgehead atoms. The van der Waals surface area contributed by atoms with E-state index in [0.29, 0.717) is 0 Å². The molecular formula is C12H10BrF3O2. The zero-order valence-electron chi connectivity index (χ0n) is 9.47. The minimum Gasteiger partial charge on any atom is -0.294 e. The smallest absolute Gasteiger partial charge is 0.294 e. The zero-order chi connectivity index (χ0) is 13.9. The Labute approximate surface area is 110 Å². The summed E-state index contributed by atoms with van der Waals surface area (Å²) in [6, 6.07) is 3.37. The highest BCUT2D eigenvalue weighted by atomic mass is 79.9. The summed E-state index contributed by atoms with van der Waals surface area (Å²) in [5.41, 5.74) is 0.121. The van der Waals surface area contributed by atoms with Crippen molar-refractivity contribution in [3.05, 3.63) is 34.1 Å². The van der Waals surface area contributed by atoms with Gasteiger partial charge in [0.15, 0.2) is 11.6 Å². The Morgan fingerprint density at radius 1 is 1.33 bits per heavy atom. The fourth-order valence-electron chi connectivity index (χ4n) is 1.30. The normalized spacial score (nSPS) is 11.4. The van der Waals surface area contributed by atoms with E-state index in [-0.39, 0.29) is 10.0 Å². The van der Waals surface area contributed by atoms with Gasteiger partial charge in [0.1, 0.15) is 5.82 Å². The van der Waals surface area contributed by atoms with E-state index < -0.39 is 36.1 Å². The van der Waals surface area contributed by atoms with E-state index in [0.717, 1.165) is 19.1 Å². The molecular weight excluding hydrogens is 313 g/mol. The van der Waals surface area contributed by atoms with Gasteiger partial charge in [0.2, 0.25) is 0 Å². The second kappa shape index (κ2) is 5.65. The standard InChI is InChI=1S/C12H10BrF3O2/c1-7(17)12(15,16)5-4-11(18)9-3-2-8(14)6-10(9)13/h2-3,6H,4-5H2,1H3. The molecule has 0 amide bonds. The molecule has 0 saturated carbocycles. The number of rotatable bonds is 5. The molecule has 0 radical (unpaired) electrons.